The van der Waals surface area contributed by atoms with E-state index < -0.39 is 0 Å². The summed E-state index contributed by atoms with van der Waals surface area (Å²) < 4.78 is 3.58. The summed E-state index contributed by atoms with van der Waals surface area (Å²) in [6.45, 7) is 0. The molecule has 2 aromatic carbocycles. The monoisotopic (exact) mass is 354 g/mol. The summed E-state index contributed by atoms with van der Waals surface area (Å²) in [6.07, 6.45) is 7.01. The third kappa shape index (κ3) is 2.60. The molecule has 0 fully saturated rings. The summed E-state index contributed by atoms with van der Waals surface area (Å²) in [5, 5.41) is 6.99. The van der Waals surface area contributed by atoms with Crippen LogP contribution in [-0.2, 0) is 0 Å². The molecule has 0 amide bonds. The van der Waals surface area contributed by atoms with Crippen LogP contribution in [0.1, 0.15) is 5.56 Å². The average molecular weight is 355 g/mol. The Morgan fingerprint density at radius 2 is 1.75 bits per heavy atom. The van der Waals surface area contributed by atoms with E-state index in [9.17, 15) is 0 Å². The molecule has 0 atom stereocenters. The van der Waals surface area contributed by atoms with Gasteiger partial charge in [-0.1, -0.05) is 53.5 Å². The Labute approximate surface area is 148 Å². The Hall–Kier alpha value is -2.56. The van der Waals surface area contributed by atoms with Crippen LogP contribution < -0.4 is 0 Å². The smallest absolute Gasteiger partial charge is 0.167 e. The van der Waals surface area contributed by atoms with Gasteiger partial charge in [0.1, 0.15) is 6.33 Å². The van der Waals surface area contributed by atoms with E-state index in [4.69, 9.17) is 28.3 Å². The summed E-state index contributed by atoms with van der Waals surface area (Å²) in [7, 11) is 0. The quantitative estimate of drug-likeness (QED) is 0.372. The highest BCUT2D eigenvalue weighted by Crippen LogP contribution is 2.26. The maximum absolute atomic E-state index is 6.38. The first-order chi connectivity index (χ1) is 11.7. The molecule has 24 heavy (non-hydrogen) atoms. The van der Waals surface area contributed by atoms with Gasteiger partial charge >= 0.3 is 0 Å². The largest absolute Gasteiger partial charge is 0.289 e. The fourth-order valence-corrected chi connectivity index (χ4v) is 3.05. The summed E-state index contributed by atoms with van der Waals surface area (Å²) in [4.78, 5) is 4.11. The van der Waals surface area contributed by atoms with Crippen molar-refractivity contribution in [1.82, 2.24) is 14.2 Å². The van der Waals surface area contributed by atoms with Gasteiger partial charge in [0.2, 0.25) is 0 Å². The van der Waals surface area contributed by atoms with Crippen molar-refractivity contribution in [2.45, 2.75) is 0 Å². The van der Waals surface area contributed by atoms with E-state index in [1.165, 1.54) is 0 Å². The second kappa shape index (κ2) is 6.15. The van der Waals surface area contributed by atoms with E-state index in [1.807, 2.05) is 59.3 Å². The zero-order valence-corrected chi connectivity index (χ0v) is 14.0. The van der Waals surface area contributed by atoms with Crippen molar-refractivity contribution in [3.05, 3.63) is 89.1 Å². The molecule has 118 valence electrons. The van der Waals surface area contributed by atoms with Crippen molar-refractivity contribution < 1.29 is 0 Å². The SMILES string of the molecule is Clc1ccccc1C(=Nn1cc(Cl)c2ccccc21)n1ccnc1. The summed E-state index contributed by atoms with van der Waals surface area (Å²) in [5.41, 5.74) is 1.73. The Kier molecular flexibility index (Phi) is 3.84. The van der Waals surface area contributed by atoms with Gasteiger partial charge in [0.15, 0.2) is 5.84 Å². The Balaban J connectivity index is 1.97. The number of aromatic nitrogens is 3. The predicted molar refractivity (Wildman–Crippen MR) is 98.0 cm³/mol. The molecule has 4 nitrogen and oxygen atoms in total. The number of halogens is 2. The van der Waals surface area contributed by atoms with Gasteiger partial charge in [-0.2, -0.15) is 0 Å². The molecule has 2 heterocycles. The van der Waals surface area contributed by atoms with Crippen LogP contribution >= 0.6 is 23.2 Å². The van der Waals surface area contributed by atoms with Crippen LogP contribution in [0.2, 0.25) is 10.0 Å². The molecule has 0 bridgehead atoms. The second-order valence-corrected chi connectivity index (χ2v) is 6.03. The van der Waals surface area contributed by atoms with Crippen LogP contribution in [0.4, 0.5) is 0 Å². The molecule has 0 saturated carbocycles. The molecule has 6 heteroatoms. The lowest BCUT2D eigenvalue weighted by molar-refractivity contribution is 0.904. The number of imidazole rings is 1. The Bertz CT molecular complexity index is 1030. The predicted octanol–water partition coefficient (Wildman–Crippen LogP) is 4.90. The minimum atomic E-state index is 0.618. The molecule has 0 radical (unpaired) electrons. The van der Waals surface area contributed by atoms with Crippen molar-refractivity contribution in [2.75, 3.05) is 0 Å². The molecule has 4 aromatic rings. The Morgan fingerprint density at radius 3 is 2.54 bits per heavy atom. The highest BCUT2D eigenvalue weighted by atomic mass is 35.5. The summed E-state index contributed by atoms with van der Waals surface area (Å²) in [5.74, 6) is 0.663. The lowest BCUT2D eigenvalue weighted by Crippen LogP contribution is -2.14. The third-order valence-electron chi connectivity index (χ3n) is 3.71. The molecular formula is C18H12Cl2N4. The van der Waals surface area contributed by atoms with Gasteiger partial charge in [0.25, 0.3) is 0 Å². The third-order valence-corrected chi connectivity index (χ3v) is 4.34. The Morgan fingerprint density at radius 1 is 0.958 bits per heavy atom. The zero-order valence-electron chi connectivity index (χ0n) is 12.5. The first-order valence-electron chi connectivity index (χ1n) is 7.32. The van der Waals surface area contributed by atoms with E-state index in [0.29, 0.717) is 15.9 Å². The van der Waals surface area contributed by atoms with Crippen molar-refractivity contribution >= 4 is 39.9 Å². The maximum Gasteiger partial charge on any atom is 0.167 e. The number of fused-ring (bicyclic) bond motifs is 1. The zero-order chi connectivity index (χ0) is 16.5. The van der Waals surface area contributed by atoms with Gasteiger partial charge in [0, 0.05) is 29.5 Å². The van der Waals surface area contributed by atoms with Crippen LogP contribution in [0, 0.1) is 0 Å². The number of hydrogen-bond donors (Lipinski definition) is 0. The standard InChI is InChI=1S/C18H12Cl2N4/c19-15-7-3-1-6-14(15)18(23-10-9-21-12-23)22-24-11-16(20)13-5-2-4-8-17(13)24/h1-12H. The molecule has 0 aliphatic heterocycles. The molecule has 0 aliphatic rings. The van der Waals surface area contributed by atoms with E-state index in [0.717, 1.165) is 16.5 Å². The average Bonchev–Trinajstić information content (AvgIpc) is 3.23. The maximum atomic E-state index is 6.38. The van der Waals surface area contributed by atoms with Crippen LogP contribution in [0.3, 0.4) is 0 Å². The van der Waals surface area contributed by atoms with Gasteiger partial charge in [-0.15, -0.1) is 5.10 Å². The topological polar surface area (TPSA) is 35.1 Å². The number of benzene rings is 2. The second-order valence-electron chi connectivity index (χ2n) is 5.21. The molecular weight excluding hydrogens is 343 g/mol. The van der Waals surface area contributed by atoms with Crippen molar-refractivity contribution in [2.24, 2.45) is 5.10 Å². The number of hydrogen-bond acceptors (Lipinski definition) is 2. The minimum Gasteiger partial charge on any atom is -0.289 e. The number of nitrogens with zero attached hydrogens (tertiary/aromatic N) is 4. The molecule has 2 aromatic heterocycles. The van der Waals surface area contributed by atoms with Crippen LogP contribution in [-0.4, -0.2) is 20.1 Å². The molecule has 0 spiro atoms. The van der Waals surface area contributed by atoms with Crippen molar-refractivity contribution in [3.8, 4) is 0 Å². The molecule has 0 unspecified atom stereocenters. The van der Waals surface area contributed by atoms with E-state index >= 15 is 0 Å². The van der Waals surface area contributed by atoms with E-state index in [1.54, 1.807) is 23.4 Å². The number of para-hydroxylation sites is 1. The minimum absolute atomic E-state index is 0.618. The molecule has 4 rings (SSSR count). The van der Waals surface area contributed by atoms with Crippen molar-refractivity contribution in [3.63, 3.8) is 0 Å². The van der Waals surface area contributed by atoms with Crippen LogP contribution in [0.25, 0.3) is 10.9 Å². The molecule has 0 saturated heterocycles. The van der Waals surface area contributed by atoms with Crippen LogP contribution in [0.5, 0.6) is 0 Å². The van der Waals surface area contributed by atoms with Gasteiger partial charge in [-0.25, -0.2) is 9.66 Å². The van der Waals surface area contributed by atoms with Crippen molar-refractivity contribution in [1.29, 1.82) is 0 Å². The first kappa shape index (κ1) is 15.0. The van der Waals surface area contributed by atoms with Gasteiger partial charge in [-0.05, 0) is 18.2 Å². The highest BCUT2D eigenvalue weighted by molar-refractivity contribution is 6.35. The fraction of sp³-hybridized carbons (Fsp3) is 0. The van der Waals surface area contributed by atoms with E-state index in [-0.39, 0.29) is 0 Å². The van der Waals surface area contributed by atoms with Crippen LogP contribution in [0.15, 0.2) is 78.6 Å². The lowest BCUT2D eigenvalue weighted by Gasteiger charge is -2.10. The molecule has 0 aliphatic carbocycles. The van der Waals surface area contributed by atoms with Gasteiger partial charge in [0.05, 0.1) is 15.6 Å². The summed E-state index contributed by atoms with van der Waals surface area (Å²) in [6, 6.07) is 15.4. The fourth-order valence-electron chi connectivity index (χ4n) is 2.58. The summed E-state index contributed by atoms with van der Waals surface area (Å²) >= 11 is 12.7. The number of rotatable bonds is 2. The van der Waals surface area contributed by atoms with Gasteiger partial charge in [-0.3, -0.25) is 4.57 Å². The van der Waals surface area contributed by atoms with Gasteiger partial charge < -0.3 is 0 Å². The highest BCUT2D eigenvalue weighted by Gasteiger charge is 2.12. The first-order valence-corrected chi connectivity index (χ1v) is 8.07. The lowest BCUT2D eigenvalue weighted by atomic mass is 10.2. The van der Waals surface area contributed by atoms with E-state index in [2.05, 4.69) is 4.98 Å². The molecule has 0 N–H and O–H groups in total. The normalized spacial score (nSPS) is 12.0.